The Hall–Kier alpha value is -0.120. The Morgan fingerprint density at radius 1 is 0.850 bits per heavy atom. The number of hydrogen-bond donors (Lipinski definition) is 1. The van der Waals surface area contributed by atoms with Gasteiger partial charge in [-0.2, -0.15) is 0 Å². The van der Waals surface area contributed by atoms with Gasteiger partial charge in [0.2, 0.25) is 0 Å². The molecule has 2 saturated heterocycles. The van der Waals surface area contributed by atoms with Crippen molar-refractivity contribution in [3.05, 3.63) is 0 Å². The summed E-state index contributed by atoms with van der Waals surface area (Å²) in [7, 11) is 0. The third kappa shape index (κ3) is 4.19. The molecule has 1 unspecified atom stereocenters. The van der Waals surface area contributed by atoms with Gasteiger partial charge in [-0.1, -0.05) is 19.3 Å². The van der Waals surface area contributed by atoms with Gasteiger partial charge in [0, 0.05) is 38.3 Å². The Balaban J connectivity index is 1.28. The summed E-state index contributed by atoms with van der Waals surface area (Å²) in [5.41, 5.74) is 0. The topological polar surface area (TPSA) is 18.5 Å². The summed E-state index contributed by atoms with van der Waals surface area (Å²) in [6.07, 6.45) is 12.9. The maximum atomic E-state index is 3.67. The van der Waals surface area contributed by atoms with Crippen molar-refractivity contribution in [2.24, 2.45) is 0 Å². The second kappa shape index (κ2) is 7.77. The lowest BCUT2D eigenvalue weighted by Gasteiger charge is -2.38. The zero-order valence-electron chi connectivity index (χ0n) is 13.2. The second-order valence-electron chi connectivity index (χ2n) is 7.10. The van der Waals surface area contributed by atoms with Crippen LogP contribution in [0.25, 0.3) is 0 Å². The van der Waals surface area contributed by atoms with E-state index < -0.39 is 0 Å². The van der Waals surface area contributed by atoms with Gasteiger partial charge in [0.1, 0.15) is 0 Å². The SMILES string of the molecule is C1CCC(CCCN2CCN(C3CCCC3)CC2)NC1. The highest BCUT2D eigenvalue weighted by molar-refractivity contribution is 4.82. The molecule has 3 rings (SSSR count). The molecule has 2 aliphatic heterocycles. The summed E-state index contributed by atoms with van der Waals surface area (Å²) in [5, 5.41) is 3.67. The Bertz CT molecular complexity index is 261. The average molecular weight is 279 g/mol. The van der Waals surface area contributed by atoms with E-state index >= 15 is 0 Å². The molecule has 0 bridgehead atoms. The average Bonchev–Trinajstić information content (AvgIpc) is 3.03. The smallest absolute Gasteiger partial charge is 0.0113 e. The maximum absolute atomic E-state index is 3.67. The Morgan fingerprint density at radius 2 is 1.60 bits per heavy atom. The molecule has 0 radical (unpaired) electrons. The van der Waals surface area contributed by atoms with E-state index in [1.54, 1.807) is 0 Å². The minimum absolute atomic E-state index is 0.823. The maximum Gasteiger partial charge on any atom is 0.0113 e. The first kappa shape index (κ1) is 14.8. The predicted octanol–water partition coefficient (Wildman–Crippen LogP) is 2.47. The Labute approximate surface area is 125 Å². The van der Waals surface area contributed by atoms with Crippen LogP contribution in [0.4, 0.5) is 0 Å². The van der Waals surface area contributed by atoms with Crippen LogP contribution in [0.2, 0.25) is 0 Å². The highest BCUT2D eigenvalue weighted by Gasteiger charge is 2.25. The monoisotopic (exact) mass is 279 g/mol. The van der Waals surface area contributed by atoms with Crippen molar-refractivity contribution in [3.63, 3.8) is 0 Å². The van der Waals surface area contributed by atoms with E-state index in [1.807, 2.05) is 0 Å². The molecule has 0 aromatic heterocycles. The second-order valence-corrected chi connectivity index (χ2v) is 7.10. The van der Waals surface area contributed by atoms with E-state index in [1.165, 1.54) is 97.1 Å². The molecular weight excluding hydrogens is 246 g/mol. The van der Waals surface area contributed by atoms with Gasteiger partial charge in [0.15, 0.2) is 0 Å². The largest absolute Gasteiger partial charge is 0.314 e. The lowest BCUT2D eigenvalue weighted by Crippen LogP contribution is -2.49. The molecule has 0 aromatic carbocycles. The molecule has 3 heteroatoms. The highest BCUT2D eigenvalue weighted by Crippen LogP contribution is 2.24. The number of nitrogens with zero attached hydrogens (tertiary/aromatic N) is 2. The Morgan fingerprint density at radius 3 is 2.30 bits per heavy atom. The van der Waals surface area contributed by atoms with Crippen molar-refractivity contribution in [1.82, 2.24) is 15.1 Å². The van der Waals surface area contributed by atoms with E-state index in [2.05, 4.69) is 15.1 Å². The van der Waals surface area contributed by atoms with Crippen LogP contribution in [0, 0.1) is 0 Å². The first-order chi connectivity index (χ1) is 9.92. The molecule has 0 amide bonds. The molecule has 0 aromatic rings. The van der Waals surface area contributed by atoms with E-state index in [0.717, 1.165) is 12.1 Å². The third-order valence-electron chi connectivity index (χ3n) is 5.69. The first-order valence-corrected chi connectivity index (χ1v) is 9.11. The van der Waals surface area contributed by atoms with Crippen LogP contribution in [0.3, 0.4) is 0 Å². The predicted molar refractivity (Wildman–Crippen MR) is 85.1 cm³/mol. The molecule has 116 valence electrons. The zero-order chi connectivity index (χ0) is 13.6. The first-order valence-electron chi connectivity index (χ1n) is 9.11. The van der Waals surface area contributed by atoms with E-state index in [9.17, 15) is 0 Å². The van der Waals surface area contributed by atoms with Crippen molar-refractivity contribution < 1.29 is 0 Å². The van der Waals surface area contributed by atoms with Crippen LogP contribution in [0.5, 0.6) is 0 Å². The number of nitrogens with one attached hydrogen (secondary N) is 1. The van der Waals surface area contributed by atoms with Gasteiger partial charge in [-0.05, 0) is 51.6 Å². The van der Waals surface area contributed by atoms with Crippen molar-refractivity contribution in [2.45, 2.75) is 69.9 Å². The lowest BCUT2D eigenvalue weighted by molar-refractivity contribution is 0.0960. The number of piperidine rings is 1. The van der Waals surface area contributed by atoms with Crippen molar-refractivity contribution in [1.29, 1.82) is 0 Å². The van der Waals surface area contributed by atoms with Gasteiger partial charge in [-0.25, -0.2) is 0 Å². The molecule has 3 fully saturated rings. The molecule has 20 heavy (non-hydrogen) atoms. The van der Waals surface area contributed by atoms with E-state index in [4.69, 9.17) is 0 Å². The summed E-state index contributed by atoms with van der Waals surface area (Å²) in [5.74, 6) is 0. The zero-order valence-corrected chi connectivity index (χ0v) is 13.2. The lowest BCUT2D eigenvalue weighted by atomic mass is 10.0. The molecule has 1 N–H and O–H groups in total. The van der Waals surface area contributed by atoms with Gasteiger partial charge in [-0.15, -0.1) is 0 Å². The number of hydrogen-bond acceptors (Lipinski definition) is 3. The summed E-state index contributed by atoms with van der Waals surface area (Å²) < 4.78 is 0. The summed E-state index contributed by atoms with van der Waals surface area (Å²) in [4.78, 5) is 5.47. The van der Waals surface area contributed by atoms with Gasteiger partial charge >= 0.3 is 0 Å². The van der Waals surface area contributed by atoms with Crippen molar-refractivity contribution in [3.8, 4) is 0 Å². The van der Waals surface area contributed by atoms with Gasteiger partial charge < -0.3 is 10.2 Å². The minimum Gasteiger partial charge on any atom is -0.314 e. The fourth-order valence-corrected chi connectivity index (χ4v) is 4.35. The highest BCUT2D eigenvalue weighted by atomic mass is 15.3. The van der Waals surface area contributed by atoms with Crippen LogP contribution >= 0.6 is 0 Å². The number of piperazine rings is 1. The third-order valence-corrected chi connectivity index (χ3v) is 5.69. The van der Waals surface area contributed by atoms with Crippen LogP contribution in [0.1, 0.15) is 57.8 Å². The number of rotatable bonds is 5. The van der Waals surface area contributed by atoms with Crippen molar-refractivity contribution in [2.75, 3.05) is 39.3 Å². The minimum atomic E-state index is 0.823. The van der Waals surface area contributed by atoms with E-state index in [-0.39, 0.29) is 0 Å². The molecule has 1 aliphatic carbocycles. The molecule has 1 saturated carbocycles. The normalized spacial score (nSPS) is 30.9. The quantitative estimate of drug-likeness (QED) is 0.834. The molecule has 0 spiro atoms. The van der Waals surface area contributed by atoms with Gasteiger partial charge in [0.05, 0.1) is 0 Å². The van der Waals surface area contributed by atoms with Crippen LogP contribution in [0.15, 0.2) is 0 Å². The molecule has 1 atom stereocenters. The summed E-state index contributed by atoms with van der Waals surface area (Å²) in [6, 6.07) is 1.76. The van der Waals surface area contributed by atoms with E-state index in [0.29, 0.717) is 0 Å². The molecule has 3 nitrogen and oxygen atoms in total. The fraction of sp³-hybridized carbons (Fsp3) is 1.00. The van der Waals surface area contributed by atoms with Crippen LogP contribution in [-0.4, -0.2) is 61.2 Å². The van der Waals surface area contributed by atoms with Gasteiger partial charge in [0.25, 0.3) is 0 Å². The summed E-state index contributed by atoms with van der Waals surface area (Å²) >= 11 is 0. The van der Waals surface area contributed by atoms with Crippen LogP contribution in [-0.2, 0) is 0 Å². The van der Waals surface area contributed by atoms with Crippen LogP contribution < -0.4 is 5.32 Å². The van der Waals surface area contributed by atoms with Crippen molar-refractivity contribution >= 4 is 0 Å². The molecule has 2 heterocycles. The standard InChI is InChI=1S/C17H33N3/c1-2-9-17(8-1)20-14-12-19(13-15-20)11-5-7-16-6-3-4-10-18-16/h16-18H,1-15H2. The molecule has 3 aliphatic rings. The summed E-state index contributed by atoms with van der Waals surface area (Å²) in [6.45, 7) is 7.86. The molecular formula is C17H33N3. The van der Waals surface area contributed by atoms with Gasteiger partial charge in [-0.3, -0.25) is 4.90 Å². The fourth-order valence-electron chi connectivity index (χ4n) is 4.35. The Kier molecular flexibility index (Phi) is 5.75.